The van der Waals surface area contributed by atoms with E-state index in [0.717, 1.165) is 29.0 Å². The molecule has 0 saturated carbocycles. The van der Waals surface area contributed by atoms with Crippen LogP contribution in [0.5, 0.6) is 11.5 Å². The number of phosphoric ester groups is 3. The summed E-state index contributed by atoms with van der Waals surface area (Å²) in [5, 5.41) is 35.7. The second kappa shape index (κ2) is 21.0. The van der Waals surface area contributed by atoms with E-state index in [1.165, 1.54) is 39.2 Å². The van der Waals surface area contributed by atoms with Crippen molar-refractivity contribution in [2.24, 2.45) is 5.41 Å². The number of aliphatic hydroxyl groups excluding tert-OH is 2. The number of carbonyl (C=O) groups excluding carboxylic acids is 3. The predicted octanol–water partition coefficient (Wildman–Crippen LogP) is 0.0923. The molecule has 11 N–H and O–H groups in total. The molecule has 1 fully saturated rings. The highest BCUT2D eigenvalue weighted by Gasteiger charge is 2.50. The number of carbonyl (C=O) groups is 3. The van der Waals surface area contributed by atoms with Gasteiger partial charge in [0, 0.05) is 30.7 Å². The molecule has 4 rings (SSSR count). The van der Waals surface area contributed by atoms with Gasteiger partial charge in [-0.15, -0.1) is 0 Å². The number of aromatic hydroxyl groups is 1. The van der Waals surface area contributed by atoms with Crippen molar-refractivity contribution in [1.29, 1.82) is 0 Å². The summed E-state index contributed by atoms with van der Waals surface area (Å²) in [5.74, 6) is -1.12. The molecule has 7 atom stereocenters. The van der Waals surface area contributed by atoms with Crippen LogP contribution in [-0.2, 0) is 50.7 Å². The molecule has 26 nitrogen and oxygen atoms in total. The molecule has 1 aliphatic rings. The van der Waals surface area contributed by atoms with Crippen molar-refractivity contribution in [2.75, 3.05) is 44.9 Å². The summed E-state index contributed by atoms with van der Waals surface area (Å²) in [6.45, 7) is 0.299. The van der Waals surface area contributed by atoms with Gasteiger partial charge in [-0.05, 0) is 23.8 Å². The third kappa shape index (κ3) is 14.6. The number of phenols is 1. The van der Waals surface area contributed by atoms with Crippen molar-refractivity contribution in [2.45, 2.75) is 50.9 Å². The average molecular weight is 944 g/mol. The molecule has 1 aromatic carbocycles. The SMILES string of the molecule is COc1cc(/C=C/C(=O)SCCNC(=O)CCNC(=O)[C@H](O)C(C)(C)COP(=O)(O)OP(=O)(O)OC[C@H]2O[C@@H](n3cnc4c(N)ncnc43)[C@H](O)[C@@H]2OP(=O)(O)O)ccc1O. The van der Waals surface area contributed by atoms with Crippen LogP contribution in [0.3, 0.4) is 0 Å². The highest BCUT2D eigenvalue weighted by molar-refractivity contribution is 8.14. The fraction of sp³-hybridized carbons (Fsp3) is 0.484. The van der Waals surface area contributed by atoms with Gasteiger partial charge in [0.2, 0.25) is 16.9 Å². The second-order valence-corrected chi connectivity index (χ2v) is 18.8. The number of nitrogens with two attached hydrogens (primary N) is 1. The van der Waals surface area contributed by atoms with Crippen molar-refractivity contribution < 1.29 is 90.3 Å². The summed E-state index contributed by atoms with van der Waals surface area (Å²) in [6, 6.07) is 4.56. The number of phenolic OH excluding ortho intramolecular Hbond substituents is 1. The zero-order valence-electron chi connectivity index (χ0n) is 32.3. The van der Waals surface area contributed by atoms with Crippen molar-refractivity contribution in [3.05, 3.63) is 42.5 Å². The number of hydrogen-bond acceptors (Lipinski definition) is 20. The lowest BCUT2D eigenvalue weighted by molar-refractivity contribution is -0.137. The quantitative estimate of drug-likeness (QED) is 0.0362. The first-order chi connectivity index (χ1) is 28.4. The van der Waals surface area contributed by atoms with Crippen LogP contribution in [0.2, 0.25) is 0 Å². The fourth-order valence-corrected chi connectivity index (χ4v) is 8.69. The topological polar surface area (TPSA) is 393 Å². The van der Waals surface area contributed by atoms with E-state index in [1.807, 2.05) is 0 Å². The Bertz CT molecular complexity index is 2230. The molecule has 0 bridgehead atoms. The Morgan fingerprint density at radius 3 is 2.46 bits per heavy atom. The number of aromatic nitrogens is 4. The Morgan fingerprint density at radius 1 is 1.07 bits per heavy atom. The molecule has 3 heterocycles. The molecule has 1 saturated heterocycles. The van der Waals surface area contributed by atoms with Crippen molar-refractivity contribution in [1.82, 2.24) is 30.2 Å². The number of benzene rings is 1. The maximum absolute atomic E-state index is 12.7. The average Bonchev–Trinajstić information content (AvgIpc) is 3.74. The summed E-state index contributed by atoms with van der Waals surface area (Å²) in [4.78, 5) is 88.0. The van der Waals surface area contributed by atoms with E-state index >= 15 is 0 Å². The number of rotatable bonds is 22. The zero-order valence-corrected chi connectivity index (χ0v) is 35.8. The number of hydrogen-bond donors (Lipinski definition) is 10. The van der Waals surface area contributed by atoms with Crippen LogP contribution in [0.4, 0.5) is 5.82 Å². The van der Waals surface area contributed by atoms with E-state index in [2.05, 4.69) is 34.4 Å². The van der Waals surface area contributed by atoms with Gasteiger partial charge in [0.25, 0.3) is 0 Å². The lowest BCUT2D eigenvalue weighted by Gasteiger charge is -2.30. The number of thioether (sulfide) groups is 1. The standard InChI is InChI=1S/C31H44N7O19P3S/c1-31(2,26(43)29(44)34-9-8-21(40)33-10-11-61-22(41)7-5-17-4-6-18(39)19(12-17)52-3)14-54-60(50,51)57-59(48,49)53-13-20-25(56-58(45,46)47)24(42)30(55-20)38-16-37-23-27(32)35-15-36-28(23)38/h4-7,12,15-16,20,24-26,30,39,42-43H,8-11,13-14H2,1-3H3,(H,33,40)(H,34,44)(H,48,49)(H,50,51)(H2,32,35,36)(H2,45,46,47)/b7-5+/t20-,24-,25-,26+,30-/m1/s1. The third-order valence-corrected chi connectivity index (χ3v) is 12.3. The molecule has 0 radical (unpaired) electrons. The Morgan fingerprint density at radius 2 is 1.77 bits per heavy atom. The highest BCUT2D eigenvalue weighted by Crippen LogP contribution is 2.61. The maximum atomic E-state index is 12.7. The smallest absolute Gasteiger partial charge is 0.481 e. The van der Waals surface area contributed by atoms with Crippen molar-refractivity contribution in [3.63, 3.8) is 0 Å². The van der Waals surface area contributed by atoms with Crippen LogP contribution in [0.1, 0.15) is 32.1 Å². The number of nitrogens with one attached hydrogen (secondary N) is 2. The lowest BCUT2D eigenvalue weighted by atomic mass is 9.87. The molecule has 338 valence electrons. The monoisotopic (exact) mass is 943 g/mol. The molecule has 0 spiro atoms. The number of aliphatic hydroxyl groups is 2. The van der Waals surface area contributed by atoms with E-state index in [-0.39, 0.29) is 58.9 Å². The predicted molar refractivity (Wildman–Crippen MR) is 211 cm³/mol. The number of anilines is 1. The van der Waals surface area contributed by atoms with Crippen LogP contribution < -0.4 is 21.1 Å². The number of imidazole rings is 1. The summed E-state index contributed by atoms with van der Waals surface area (Å²) in [7, 11) is -15.1. The van der Waals surface area contributed by atoms with Gasteiger partial charge in [-0.3, -0.25) is 32.5 Å². The fourth-order valence-electron chi connectivity index (χ4n) is 5.29. The maximum Gasteiger partial charge on any atom is 0.481 e. The number of fused-ring (bicyclic) bond motifs is 1. The minimum atomic E-state index is -5.59. The Labute approximate surface area is 350 Å². The molecule has 2 amide bonds. The van der Waals surface area contributed by atoms with Gasteiger partial charge in [0.15, 0.2) is 29.2 Å². The molecule has 2 aromatic heterocycles. The minimum absolute atomic E-state index is 0.0223. The molecule has 2 unspecified atom stereocenters. The van der Waals surface area contributed by atoms with Crippen LogP contribution in [0, 0.1) is 5.41 Å². The number of methoxy groups -OCH3 is 1. The Balaban J connectivity index is 1.20. The molecule has 30 heteroatoms. The Kier molecular flexibility index (Phi) is 17.1. The number of nitrogen functional groups attached to an aromatic ring is 1. The minimum Gasteiger partial charge on any atom is -0.504 e. The molecule has 1 aliphatic heterocycles. The summed E-state index contributed by atoms with van der Waals surface area (Å²) >= 11 is 0.935. The molecule has 61 heavy (non-hydrogen) atoms. The van der Waals surface area contributed by atoms with Gasteiger partial charge in [-0.25, -0.2) is 28.6 Å². The number of phosphoric acid groups is 3. The van der Waals surface area contributed by atoms with Crippen LogP contribution in [0.15, 0.2) is 36.9 Å². The van der Waals surface area contributed by atoms with Gasteiger partial charge in [0.05, 0.1) is 26.7 Å². The first-order valence-electron chi connectivity index (χ1n) is 17.5. The van der Waals surface area contributed by atoms with E-state index in [0.29, 0.717) is 5.56 Å². The van der Waals surface area contributed by atoms with Gasteiger partial charge in [0.1, 0.15) is 36.3 Å². The third-order valence-electron chi connectivity index (χ3n) is 8.36. The number of ether oxygens (including phenoxy) is 2. The van der Waals surface area contributed by atoms with E-state index in [4.69, 9.17) is 24.3 Å². The van der Waals surface area contributed by atoms with Crippen molar-refractivity contribution in [3.8, 4) is 11.5 Å². The normalized spacial score (nSPS) is 20.9. The first kappa shape index (κ1) is 49.8. The van der Waals surface area contributed by atoms with Gasteiger partial charge < -0.3 is 60.7 Å². The van der Waals surface area contributed by atoms with Crippen LogP contribution in [-0.4, -0.2) is 135 Å². The van der Waals surface area contributed by atoms with E-state index in [1.54, 1.807) is 12.1 Å². The lowest BCUT2D eigenvalue weighted by Crippen LogP contribution is -2.46. The number of nitrogens with zero attached hydrogens (tertiary/aromatic N) is 4. The van der Waals surface area contributed by atoms with Crippen molar-refractivity contribution >= 4 is 75.2 Å². The zero-order chi connectivity index (χ0) is 45.3. The molecule has 0 aliphatic carbocycles. The van der Waals surface area contributed by atoms with Crippen LogP contribution >= 0.6 is 35.2 Å². The molecular weight excluding hydrogens is 899 g/mol. The van der Waals surface area contributed by atoms with Gasteiger partial charge in [-0.1, -0.05) is 37.8 Å². The highest BCUT2D eigenvalue weighted by atomic mass is 32.2. The Hall–Kier alpha value is -3.88. The summed E-state index contributed by atoms with van der Waals surface area (Å²) < 4.78 is 67.2. The van der Waals surface area contributed by atoms with E-state index < -0.39 is 84.6 Å². The summed E-state index contributed by atoms with van der Waals surface area (Å²) in [5.41, 5.74) is 4.84. The molecular formula is C31H44N7O19P3S. The second-order valence-electron chi connectivity index (χ2n) is 13.5. The van der Waals surface area contributed by atoms with Gasteiger partial charge >= 0.3 is 23.5 Å². The number of amides is 2. The van der Waals surface area contributed by atoms with Crippen LogP contribution in [0.25, 0.3) is 17.2 Å². The van der Waals surface area contributed by atoms with E-state index in [9.17, 15) is 63.0 Å². The summed E-state index contributed by atoms with van der Waals surface area (Å²) in [6.07, 6.45) is -4.20. The largest absolute Gasteiger partial charge is 0.504 e. The molecule has 3 aromatic rings. The van der Waals surface area contributed by atoms with Gasteiger partial charge in [-0.2, -0.15) is 4.31 Å². The first-order valence-corrected chi connectivity index (χ1v) is 23.0.